The van der Waals surface area contributed by atoms with Gasteiger partial charge in [0.2, 0.25) is 0 Å². The van der Waals surface area contributed by atoms with E-state index in [9.17, 15) is 4.79 Å². The van der Waals surface area contributed by atoms with Crippen molar-refractivity contribution >= 4 is 23.2 Å². The smallest absolute Gasteiger partial charge is 0.172 e. The van der Waals surface area contributed by atoms with Gasteiger partial charge >= 0.3 is 0 Å². The number of benzene rings is 1. The number of ketones is 1. The lowest BCUT2D eigenvalue weighted by atomic mass is 10.0. The van der Waals surface area contributed by atoms with Gasteiger partial charge in [0.25, 0.3) is 0 Å². The van der Waals surface area contributed by atoms with E-state index in [1.807, 2.05) is 25.1 Å². The van der Waals surface area contributed by atoms with E-state index in [4.69, 9.17) is 17.3 Å². The summed E-state index contributed by atoms with van der Waals surface area (Å²) in [5.74, 6) is 0.301. The summed E-state index contributed by atoms with van der Waals surface area (Å²) >= 11 is 6.10. The zero-order chi connectivity index (χ0) is 13.3. The average Bonchev–Trinajstić information content (AvgIpc) is 2.64. The molecular formula is C13H14ClN3O. The highest BCUT2D eigenvalue weighted by Gasteiger charge is 2.15. The molecule has 2 rings (SSSR count). The molecule has 94 valence electrons. The summed E-state index contributed by atoms with van der Waals surface area (Å²) < 4.78 is 1.48. The van der Waals surface area contributed by atoms with Gasteiger partial charge in [0, 0.05) is 18.5 Å². The minimum Gasteiger partial charge on any atom is -0.383 e. The molecule has 0 unspecified atom stereocenters. The van der Waals surface area contributed by atoms with E-state index in [1.165, 1.54) is 10.9 Å². The molecule has 4 nitrogen and oxygen atoms in total. The maximum absolute atomic E-state index is 12.1. The molecular weight excluding hydrogens is 250 g/mol. The van der Waals surface area contributed by atoms with Crippen LogP contribution in [0.15, 0.2) is 24.4 Å². The summed E-state index contributed by atoms with van der Waals surface area (Å²) in [6, 6.07) is 5.64. The lowest BCUT2D eigenvalue weighted by molar-refractivity contribution is 0.0994. The number of carbonyl (C=O) groups excluding carboxylic acids is 1. The number of anilines is 1. The fourth-order valence-corrected chi connectivity index (χ4v) is 2.03. The van der Waals surface area contributed by atoms with Gasteiger partial charge in [-0.05, 0) is 24.1 Å². The topological polar surface area (TPSA) is 60.9 Å². The molecule has 2 aromatic rings. The van der Waals surface area contributed by atoms with Gasteiger partial charge in [-0.2, -0.15) is 5.10 Å². The van der Waals surface area contributed by atoms with Crippen molar-refractivity contribution in [3.8, 4) is 0 Å². The second-order valence-corrected chi connectivity index (χ2v) is 4.67. The second-order valence-electron chi connectivity index (χ2n) is 4.26. The van der Waals surface area contributed by atoms with Gasteiger partial charge in [0.15, 0.2) is 5.78 Å². The Balaban J connectivity index is 2.24. The Morgan fingerprint density at radius 1 is 1.50 bits per heavy atom. The van der Waals surface area contributed by atoms with Gasteiger partial charge < -0.3 is 5.73 Å². The summed E-state index contributed by atoms with van der Waals surface area (Å²) in [5, 5.41) is 4.56. The Hall–Kier alpha value is -1.81. The number of halogens is 1. The number of nitrogen functional groups attached to an aromatic ring is 1. The van der Waals surface area contributed by atoms with E-state index in [2.05, 4.69) is 5.10 Å². The fourth-order valence-electron chi connectivity index (χ4n) is 1.73. The van der Waals surface area contributed by atoms with Crippen LogP contribution in [0.2, 0.25) is 5.02 Å². The Bertz CT molecular complexity index is 604. The third-order valence-electron chi connectivity index (χ3n) is 2.84. The molecule has 1 aromatic carbocycles. The molecule has 0 aliphatic carbocycles. The van der Waals surface area contributed by atoms with Gasteiger partial charge in [-0.15, -0.1) is 0 Å². The normalized spacial score (nSPS) is 10.6. The van der Waals surface area contributed by atoms with E-state index < -0.39 is 0 Å². The molecule has 0 amide bonds. The van der Waals surface area contributed by atoms with Gasteiger partial charge in [-0.1, -0.05) is 23.7 Å². The highest BCUT2D eigenvalue weighted by molar-refractivity contribution is 6.31. The summed E-state index contributed by atoms with van der Waals surface area (Å²) in [5.41, 5.74) is 8.07. The summed E-state index contributed by atoms with van der Waals surface area (Å²) in [4.78, 5) is 12.1. The quantitative estimate of drug-likeness (QED) is 0.865. The minimum absolute atomic E-state index is 0.0775. The first kappa shape index (κ1) is 12.6. The number of hydrogen-bond acceptors (Lipinski definition) is 3. The van der Waals surface area contributed by atoms with E-state index in [1.54, 1.807) is 7.05 Å². The van der Waals surface area contributed by atoms with Crippen molar-refractivity contribution in [3.63, 3.8) is 0 Å². The van der Waals surface area contributed by atoms with Gasteiger partial charge in [0.1, 0.15) is 5.82 Å². The number of nitrogens with two attached hydrogens (primary N) is 1. The third-order valence-corrected chi connectivity index (χ3v) is 3.20. The summed E-state index contributed by atoms with van der Waals surface area (Å²) in [6.07, 6.45) is 1.72. The Morgan fingerprint density at radius 3 is 2.78 bits per heavy atom. The second kappa shape index (κ2) is 4.82. The highest BCUT2D eigenvalue weighted by Crippen LogP contribution is 2.20. The van der Waals surface area contributed by atoms with Crippen LogP contribution < -0.4 is 5.73 Å². The Labute approximate surface area is 110 Å². The van der Waals surface area contributed by atoms with Crippen molar-refractivity contribution in [3.05, 3.63) is 46.1 Å². The van der Waals surface area contributed by atoms with Crippen molar-refractivity contribution < 1.29 is 4.79 Å². The van der Waals surface area contributed by atoms with Crippen LogP contribution in [0.3, 0.4) is 0 Å². The number of aryl methyl sites for hydroxylation is 2. The molecule has 0 bridgehead atoms. The van der Waals surface area contributed by atoms with Crippen LogP contribution >= 0.6 is 11.6 Å². The molecule has 0 fully saturated rings. The zero-order valence-corrected chi connectivity index (χ0v) is 11.0. The monoisotopic (exact) mass is 263 g/mol. The predicted octanol–water partition coefficient (Wildman–Crippen LogP) is 2.39. The molecule has 2 N–H and O–H groups in total. The van der Waals surface area contributed by atoms with Gasteiger partial charge in [-0.3, -0.25) is 9.48 Å². The number of aromatic nitrogens is 2. The lowest BCUT2D eigenvalue weighted by Crippen LogP contribution is -2.07. The van der Waals surface area contributed by atoms with Gasteiger partial charge in [0.05, 0.1) is 11.8 Å². The van der Waals surface area contributed by atoms with E-state index >= 15 is 0 Å². The maximum atomic E-state index is 12.1. The number of nitrogens with zero attached hydrogens (tertiary/aromatic N) is 2. The van der Waals surface area contributed by atoms with E-state index in [0.717, 1.165) is 11.1 Å². The number of carbonyl (C=O) groups is 1. The van der Waals surface area contributed by atoms with Crippen molar-refractivity contribution in [1.82, 2.24) is 9.78 Å². The zero-order valence-electron chi connectivity index (χ0n) is 10.3. The van der Waals surface area contributed by atoms with Crippen molar-refractivity contribution in [2.75, 3.05) is 5.73 Å². The van der Waals surface area contributed by atoms with Crippen LogP contribution in [0, 0.1) is 6.92 Å². The van der Waals surface area contributed by atoms with Crippen LogP contribution in [-0.2, 0) is 13.5 Å². The molecule has 0 spiro atoms. The Kier molecular flexibility index (Phi) is 3.39. The van der Waals surface area contributed by atoms with Crippen LogP contribution in [0.1, 0.15) is 21.5 Å². The highest BCUT2D eigenvalue weighted by atomic mass is 35.5. The predicted molar refractivity (Wildman–Crippen MR) is 71.8 cm³/mol. The van der Waals surface area contributed by atoms with E-state index in [-0.39, 0.29) is 12.2 Å². The molecule has 0 radical (unpaired) electrons. The molecule has 0 atom stereocenters. The lowest BCUT2D eigenvalue weighted by Gasteiger charge is -2.04. The van der Waals surface area contributed by atoms with Crippen LogP contribution in [0.25, 0.3) is 0 Å². The number of rotatable bonds is 3. The number of Topliss-reactive ketones (excluding diaryl/α,β-unsaturated/α-hetero) is 1. The molecule has 1 heterocycles. The molecule has 0 aliphatic heterocycles. The minimum atomic E-state index is -0.0775. The Morgan fingerprint density at radius 2 is 2.22 bits per heavy atom. The molecule has 0 saturated heterocycles. The standard InChI is InChI=1S/C13H14ClN3O/c1-8-3-4-9(11(14)5-8)6-12(18)10-7-16-17(2)13(10)15/h3-5,7H,6,15H2,1-2H3. The molecule has 0 saturated carbocycles. The largest absolute Gasteiger partial charge is 0.383 e. The van der Waals surface area contributed by atoms with Crippen molar-refractivity contribution in [2.45, 2.75) is 13.3 Å². The molecule has 1 aromatic heterocycles. The van der Waals surface area contributed by atoms with Crippen molar-refractivity contribution in [1.29, 1.82) is 0 Å². The molecule has 0 aliphatic rings. The fraction of sp³-hybridized carbons (Fsp3) is 0.231. The SMILES string of the molecule is Cc1ccc(CC(=O)c2cnn(C)c2N)c(Cl)c1. The maximum Gasteiger partial charge on any atom is 0.172 e. The summed E-state index contributed by atoms with van der Waals surface area (Å²) in [7, 11) is 1.70. The van der Waals surface area contributed by atoms with E-state index in [0.29, 0.717) is 16.4 Å². The first-order chi connectivity index (χ1) is 8.49. The first-order valence-electron chi connectivity index (χ1n) is 5.54. The summed E-state index contributed by atoms with van der Waals surface area (Å²) in [6.45, 7) is 1.95. The van der Waals surface area contributed by atoms with Gasteiger partial charge in [-0.25, -0.2) is 0 Å². The van der Waals surface area contributed by atoms with Crippen LogP contribution in [0.5, 0.6) is 0 Å². The van der Waals surface area contributed by atoms with Crippen LogP contribution in [0.4, 0.5) is 5.82 Å². The average molecular weight is 264 g/mol. The number of hydrogen-bond donors (Lipinski definition) is 1. The third kappa shape index (κ3) is 2.38. The van der Waals surface area contributed by atoms with Crippen molar-refractivity contribution in [2.24, 2.45) is 7.05 Å². The first-order valence-corrected chi connectivity index (χ1v) is 5.92. The van der Waals surface area contributed by atoms with Crippen LogP contribution in [-0.4, -0.2) is 15.6 Å². The molecule has 18 heavy (non-hydrogen) atoms. The molecule has 5 heteroatoms.